The summed E-state index contributed by atoms with van der Waals surface area (Å²) in [4.78, 5) is 8.97. The quantitative estimate of drug-likeness (QED) is 0.905. The Morgan fingerprint density at radius 1 is 1.35 bits per heavy atom. The molecule has 0 fully saturated rings. The number of nitrogens with zero attached hydrogens (tertiary/aromatic N) is 3. The fraction of sp³-hybridized carbons (Fsp3) is 0.467. The van der Waals surface area contributed by atoms with Crippen LogP contribution in [0.25, 0.3) is 0 Å². The fourth-order valence-corrected chi connectivity index (χ4v) is 2.44. The molecule has 0 bridgehead atoms. The Balaban J connectivity index is 2.28. The molecule has 5 heteroatoms. The van der Waals surface area contributed by atoms with Gasteiger partial charge in [-0.25, -0.2) is 4.98 Å². The molecule has 0 spiro atoms. The largest absolute Gasteiger partial charge is 0.496 e. The number of pyridine rings is 1. The number of aryl methyl sites for hydroxylation is 2. The standard InChI is InChI=1S/C15H22N4O/c1-10-7-17-12(11(2)15(10)20-5)6-13(16-3)14-8-19(4)9-18-14/h7-9,13,16H,6H2,1-5H3. The molecule has 2 heterocycles. The van der Waals surface area contributed by atoms with Crippen LogP contribution >= 0.6 is 0 Å². The lowest BCUT2D eigenvalue weighted by molar-refractivity contribution is 0.406. The van der Waals surface area contributed by atoms with Crippen molar-refractivity contribution in [2.75, 3.05) is 14.2 Å². The predicted octanol–water partition coefficient (Wildman–Crippen LogP) is 1.94. The monoisotopic (exact) mass is 274 g/mol. The van der Waals surface area contributed by atoms with Crippen LogP contribution in [0.2, 0.25) is 0 Å². The third kappa shape index (κ3) is 2.82. The van der Waals surface area contributed by atoms with Crippen LogP contribution in [-0.2, 0) is 13.5 Å². The van der Waals surface area contributed by atoms with Crippen LogP contribution in [0, 0.1) is 13.8 Å². The molecule has 5 nitrogen and oxygen atoms in total. The Morgan fingerprint density at radius 3 is 2.65 bits per heavy atom. The first-order valence-electron chi connectivity index (χ1n) is 6.71. The molecule has 2 aromatic rings. The third-order valence-corrected chi connectivity index (χ3v) is 3.58. The molecule has 0 saturated carbocycles. The van der Waals surface area contributed by atoms with Gasteiger partial charge < -0.3 is 14.6 Å². The number of likely N-dealkylation sites (N-methyl/N-ethyl adjacent to an activating group) is 1. The van der Waals surface area contributed by atoms with Gasteiger partial charge in [-0.05, 0) is 20.9 Å². The zero-order valence-electron chi connectivity index (χ0n) is 12.8. The smallest absolute Gasteiger partial charge is 0.128 e. The fourth-order valence-electron chi connectivity index (χ4n) is 2.44. The molecule has 0 amide bonds. The highest BCUT2D eigenvalue weighted by molar-refractivity contribution is 5.41. The Hall–Kier alpha value is -1.88. The van der Waals surface area contributed by atoms with E-state index in [1.54, 1.807) is 7.11 Å². The highest BCUT2D eigenvalue weighted by Crippen LogP contribution is 2.26. The van der Waals surface area contributed by atoms with Crippen molar-refractivity contribution in [2.24, 2.45) is 7.05 Å². The summed E-state index contributed by atoms with van der Waals surface area (Å²) in [6.07, 6.45) is 6.50. The number of hydrogen-bond donors (Lipinski definition) is 1. The molecule has 2 aromatic heterocycles. The van der Waals surface area contributed by atoms with Crippen LogP contribution in [0.4, 0.5) is 0 Å². The van der Waals surface area contributed by atoms with Crippen molar-refractivity contribution in [2.45, 2.75) is 26.3 Å². The van der Waals surface area contributed by atoms with E-state index in [4.69, 9.17) is 4.74 Å². The summed E-state index contributed by atoms with van der Waals surface area (Å²) in [5, 5.41) is 3.30. The second-order valence-electron chi connectivity index (χ2n) is 5.06. The highest BCUT2D eigenvalue weighted by Gasteiger charge is 2.17. The minimum Gasteiger partial charge on any atom is -0.496 e. The van der Waals surface area contributed by atoms with Crippen molar-refractivity contribution in [1.82, 2.24) is 19.9 Å². The van der Waals surface area contributed by atoms with E-state index < -0.39 is 0 Å². The maximum Gasteiger partial charge on any atom is 0.128 e. The number of methoxy groups -OCH3 is 1. The molecular formula is C15H22N4O. The molecule has 20 heavy (non-hydrogen) atoms. The molecule has 2 rings (SSSR count). The number of ether oxygens (including phenoxy) is 1. The molecule has 0 aliphatic heterocycles. The van der Waals surface area contributed by atoms with Crippen molar-refractivity contribution < 1.29 is 4.74 Å². The van der Waals surface area contributed by atoms with E-state index in [1.165, 1.54) is 0 Å². The lowest BCUT2D eigenvalue weighted by atomic mass is 10.0. The SMILES string of the molecule is CNC(Cc1ncc(C)c(OC)c1C)c1cn(C)cn1. The van der Waals surface area contributed by atoms with E-state index in [9.17, 15) is 0 Å². The summed E-state index contributed by atoms with van der Waals surface area (Å²) in [6.45, 7) is 4.07. The first kappa shape index (κ1) is 14.5. The number of rotatable bonds is 5. The minimum atomic E-state index is 0.148. The highest BCUT2D eigenvalue weighted by atomic mass is 16.5. The van der Waals surface area contributed by atoms with E-state index >= 15 is 0 Å². The Bertz CT molecular complexity index is 592. The van der Waals surface area contributed by atoms with Gasteiger partial charge in [0, 0.05) is 42.7 Å². The van der Waals surface area contributed by atoms with E-state index in [0.29, 0.717) is 0 Å². The molecule has 0 aliphatic carbocycles. The van der Waals surface area contributed by atoms with Gasteiger partial charge in [0.05, 0.1) is 25.2 Å². The normalized spacial score (nSPS) is 12.4. The number of hydrogen-bond acceptors (Lipinski definition) is 4. The number of imidazole rings is 1. The van der Waals surface area contributed by atoms with Crippen molar-refractivity contribution in [3.63, 3.8) is 0 Å². The molecule has 0 aromatic carbocycles. The van der Waals surface area contributed by atoms with Gasteiger partial charge in [0.2, 0.25) is 0 Å². The predicted molar refractivity (Wildman–Crippen MR) is 79.0 cm³/mol. The summed E-state index contributed by atoms with van der Waals surface area (Å²) in [7, 11) is 5.62. The molecule has 1 atom stereocenters. The topological polar surface area (TPSA) is 52.0 Å². The third-order valence-electron chi connectivity index (χ3n) is 3.58. The summed E-state index contributed by atoms with van der Waals surface area (Å²) >= 11 is 0. The van der Waals surface area contributed by atoms with Crippen LogP contribution in [0.5, 0.6) is 5.75 Å². The lowest BCUT2D eigenvalue weighted by Gasteiger charge is -2.17. The average molecular weight is 274 g/mol. The van der Waals surface area contributed by atoms with Gasteiger partial charge in [-0.2, -0.15) is 0 Å². The van der Waals surface area contributed by atoms with Crippen molar-refractivity contribution in [3.05, 3.63) is 41.2 Å². The van der Waals surface area contributed by atoms with Crippen molar-refractivity contribution in [1.29, 1.82) is 0 Å². The molecule has 1 unspecified atom stereocenters. The second-order valence-corrected chi connectivity index (χ2v) is 5.06. The zero-order chi connectivity index (χ0) is 14.7. The van der Waals surface area contributed by atoms with E-state index in [0.717, 1.165) is 34.7 Å². The molecule has 0 radical (unpaired) electrons. The zero-order valence-corrected chi connectivity index (χ0v) is 12.8. The average Bonchev–Trinajstić information content (AvgIpc) is 2.85. The van der Waals surface area contributed by atoms with E-state index in [1.807, 2.05) is 44.3 Å². The summed E-state index contributed by atoms with van der Waals surface area (Å²) in [5.41, 5.74) is 4.23. The Morgan fingerprint density at radius 2 is 2.10 bits per heavy atom. The summed E-state index contributed by atoms with van der Waals surface area (Å²) in [5.74, 6) is 0.922. The van der Waals surface area contributed by atoms with Crippen molar-refractivity contribution >= 4 is 0 Å². The first-order valence-corrected chi connectivity index (χ1v) is 6.71. The number of nitrogens with one attached hydrogen (secondary N) is 1. The van der Waals surface area contributed by atoms with E-state index in [2.05, 4.69) is 22.2 Å². The van der Waals surface area contributed by atoms with Crippen LogP contribution in [0.3, 0.4) is 0 Å². The van der Waals surface area contributed by atoms with Gasteiger partial charge >= 0.3 is 0 Å². The molecule has 0 aliphatic rings. The van der Waals surface area contributed by atoms with Gasteiger partial charge in [0.25, 0.3) is 0 Å². The van der Waals surface area contributed by atoms with Gasteiger partial charge in [0.1, 0.15) is 5.75 Å². The van der Waals surface area contributed by atoms with Gasteiger partial charge in [-0.15, -0.1) is 0 Å². The van der Waals surface area contributed by atoms with Gasteiger partial charge in [-0.1, -0.05) is 0 Å². The van der Waals surface area contributed by atoms with Crippen LogP contribution < -0.4 is 10.1 Å². The molecule has 108 valence electrons. The summed E-state index contributed by atoms with van der Waals surface area (Å²) < 4.78 is 7.42. The maximum atomic E-state index is 5.46. The second kappa shape index (κ2) is 6.05. The van der Waals surface area contributed by atoms with Gasteiger partial charge in [-0.3, -0.25) is 4.98 Å². The molecular weight excluding hydrogens is 252 g/mol. The van der Waals surface area contributed by atoms with Crippen LogP contribution in [0.1, 0.15) is 28.6 Å². The first-order chi connectivity index (χ1) is 9.56. The van der Waals surface area contributed by atoms with E-state index in [-0.39, 0.29) is 6.04 Å². The maximum absolute atomic E-state index is 5.46. The summed E-state index contributed by atoms with van der Waals surface area (Å²) in [6, 6.07) is 0.148. The van der Waals surface area contributed by atoms with Crippen LogP contribution in [0.15, 0.2) is 18.7 Å². The number of aromatic nitrogens is 3. The van der Waals surface area contributed by atoms with Crippen LogP contribution in [-0.4, -0.2) is 28.7 Å². The lowest BCUT2D eigenvalue weighted by Crippen LogP contribution is -2.20. The van der Waals surface area contributed by atoms with Gasteiger partial charge in [0.15, 0.2) is 0 Å². The minimum absolute atomic E-state index is 0.148. The Kier molecular flexibility index (Phi) is 4.39. The molecule has 1 N–H and O–H groups in total. The molecule has 0 saturated heterocycles. The Labute approximate surface area is 120 Å². The van der Waals surface area contributed by atoms with Crippen molar-refractivity contribution in [3.8, 4) is 5.75 Å².